The molecule has 1 atom stereocenters. The minimum atomic E-state index is -0.336. The van der Waals surface area contributed by atoms with Gasteiger partial charge < -0.3 is 4.90 Å². The van der Waals surface area contributed by atoms with Crippen LogP contribution in [-0.2, 0) is 4.79 Å². The van der Waals surface area contributed by atoms with Gasteiger partial charge in [-0.25, -0.2) is 4.98 Å². The lowest BCUT2D eigenvalue weighted by Gasteiger charge is -2.35. The molecule has 0 bridgehead atoms. The highest BCUT2D eigenvalue weighted by Gasteiger charge is 2.32. The maximum Gasteiger partial charge on any atom is 0.266 e. The zero-order chi connectivity index (χ0) is 25.9. The minimum absolute atomic E-state index is 0.0599. The Morgan fingerprint density at radius 1 is 0.946 bits per heavy atom. The van der Waals surface area contributed by atoms with Gasteiger partial charge in [-0.2, -0.15) is 0 Å². The van der Waals surface area contributed by atoms with Gasteiger partial charge in [-0.1, -0.05) is 75.6 Å². The van der Waals surface area contributed by atoms with Gasteiger partial charge in [-0.05, 0) is 67.1 Å². The summed E-state index contributed by atoms with van der Waals surface area (Å²) in [6, 6.07) is 21.4. The van der Waals surface area contributed by atoms with Crippen LogP contribution in [0.15, 0.2) is 71.5 Å². The monoisotopic (exact) mass is 495 g/mol. The zero-order valence-electron chi connectivity index (χ0n) is 22.2. The number of benzene rings is 3. The molecule has 0 spiro atoms. The van der Waals surface area contributed by atoms with Gasteiger partial charge in [0.15, 0.2) is 0 Å². The molecule has 1 aliphatic rings. The number of nitrogens with zero attached hydrogens (tertiary/aromatic N) is 3. The molecule has 1 aliphatic carbocycles. The molecule has 0 radical (unpaired) electrons. The van der Waals surface area contributed by atoms with Crippen LogP contribution in [0.3, 0.4) is 0 Å². The van der Waals surface area contributed by atoms with Gasteiger partial charge in [-0.15, -0.1) is 0 Å². The lowest BCUT2D eigenvalue weighted by atomic mass is 9.87. The number of para-hydroxylation sites is 1. The largest absolute Gasteiger partial charge is 0.333 e. The molecule has 3 aromatic carbocycles. The molecule has 5 nitrogen and oxygen atoms in total. The Hall–Kier alpha value is -3.47. The summed E-state index contributed by atoms with van der Waals surface area (Å²) in [5.41, 5.74) is 1.34. The van der Waals surface area contributed by atoms with Crippen LogP contribution < -0.4 is 5.56 Å². The third kappa shape index (κ3) is 5.18. The van der Waals surface area contributed by atoms with E-state index in [1.165, 1.54) is 6.42 Å². The molecule has 0 N–H and O–H groups in total. The van der Waals surface area contributed by atoms with E-state index in [0.29, 0.717) is 29.2 Å². The molecule has 1 amide bonds. The fraction of sp³-hybridized carbons (Fsp3) is 0.406. The Bertz CT molecular complexity index is 1470. The van der Waals surface area contributed by atoms with Crippen molar-refractivity contribution in [1.29, 1.82) is 0 Å². The summed E-state index contributed by atoms with van der Waals surface area (Å²) in [5.74, 6) is 1.36. The molecule has 0 saturated heterocycles. The van der Waals surface area contributed by atoms with Crippen molar-refractivity contribution in [2.24, 2.45) is 11.8 Å². The molecule has 1 saturated carbocycles. The average molecular weight is 496 g/mol. The molecule has 0 aliphatic heterocycles. The van der Waals surface area contributed by atoms with E-state index in [0.717, 1.165) is 48.6 Å². The first-order valence-electron chi connectivity index (χ1n) is 13.8. The number of fused-ring (bicyclic) bond motifs is 2. The second-order valence-corrected chi connectivity index (χ2v) is 10.9. The van der Waals surface area contributed by atoms with Crippen molar-refractivity contribution in [1.82, 2.24) is 14.5 Å². The van der Waals surface area contributed by atoms with E-state index in [1.807, 2.05) is 66.4 Å². The fourth-order valence-corrected chi connectivity index (χ4v) is 5.61. The smallest absolute Gasteiger partial charge is 0.266 e. The minimum Gasteiger partial charge on any atom is -0.333 e. The maximum atomic E-state index is 14.0. The summed E-state index contributed by atoms with van der Waals surface area (Å²) in [5, 5.41) is 2.77. The number of amides is 1. The molecule has 5 heteroatoms. The number of rotatable bonds is 7. The van der Waals surface area contributed by atoms with Crippen LogP contribution in [0, 0.1) is 11.8 Å². The Morgan fingerprint density at radius 3 is 2.41 bits per heavy atom. The van der Waals surface area contributed by atoms with Gasteiger partial charge in [0.25, 0.3) is 5.56 Å². The zero-order valence-corrected chi connectivity index (χ0v) is 22.2. The Labute approximate surface area is 219 Å². The van der Waals surface area contributed by atoms with Crippen LogP contribution in [0.1, 0.15) is 71.2 Å². The van der Waals surface area contributed by atoms with E-state index >= 15 is 0 Å². The summed E-state index contributed by atoms with van der Waals surface area (Å²) >= 11 is 0. The first-order chi connectivity index (χ1) is 17.9. The number of carbonyl (C=O) groups is 1. The molecule has 192 valence electrons. The van der Waals surface area contributed by atoms with E-state index in [1.54, 1.807) is 4.57 Å². The van der Waals surface area contributed by atoms with E-state index in [2.05, 4.69) is 26.0 Å². The molecule has 37 heavy (non-hydrogen) atoms. The van der Waals surface area contributed by atoms with Crippen LogP contribution in [0.4, 0.5) is 0 Å². The Kier molecular flexibility index (Phi) is 7.40. The van der Waals surface area contributed by atoms with Crippen LogP contribution in [-0.4, -0.2) is 26.9 Å². The lowest BCUT2D eigenvalue weighted by Crippen LogP contribution is -2.42. The predicted octanol–water partition coefficient (Wildman–Crippen LogP) is 7.05. The number of hydrogen-bond acceptors (Lipinski definition) is 3. The second-order valence-electron chi connectivity index (χ2n) is 10.9. The molecular weight excluding hydrogens is 458 g/mol. The summed E-state index contributed by atoms with van der Waals surface area (Å²) in [4.78, 5) is 34.9. The SMILES string of the molecule is CC(C)CCN(C(=O)C1CCCCC1)C(C)c1nc2ccccc2c(=O)n1-c1ccc2ccccc2c1. The van der Waals surface area contributed by atoms with Crippen molar-refractivity contribution < 1.29 is 4.79 Å². The summed E-state index contributed by atoms with van der Waals surface area (Å²) < 4.78 is 1.73. The number of carbonyl (C=O) groups excluding carboxylic acids is 1. The third-order valence-electron chi connectivity index (χ3n) is 7.82. The molecular formula is C32H37N3O2. The van der Waals surface area contributed by atoms with Crippen LogP contribution >= 0.6 is 0 Å². The molecule has 1 aromatic heterocycles. The van der Waals surface area contributed by atoms with Crippen molar-refractivity contribution >= 4 is 27.6 Å². The standard InChI is InChI=1S/C32H37N3O2/c1-22(2)19-20-34(31(36)25-12-5-4-6-13-25)23(3)30-33-29-16-10-9-15-28(29)32(37)35(30)27-18-17-24-11-7-8-14-26(24)21-27/h7-11,14-18,21-23,25H,4-6,12-13,19-20H2,1-3H3. The second kappa shape index (κ2) is 10.9. The van der Waals surface area contributed by atoms with Crippen LogP contribution in [0.5, 0.6) is 0 Å². The lowest BCUT2D eigenvalue weighted by molar-refractivity contribution is -0.139. The van der Waals surface area contributed by atoms with Gasteiger partial charge in [0.2, 0.25) is 5.91 Å². The highest BCUT2D eigenvalue weighted by atomic mass is 16.2. The topological polar surface area (TPSA) is 55.2 Å². The molecule has 1 heterocycles. The first kappa shape index (κ1) is 25.2. The number of hydrogen-bond donors (Lipinski definition) is 0. The van der Waals surface area contributed by atoms with Gasteiger partial charge in [-0.3, -0.25) is 14.2 Å². The van der Waals surface area contributed by atoms with Crippen molar-refractivity contribution in [2.45, 2.75) is 65.3 Å². The summed E-state index contributed by atoms with van der Waals surface area (Å²) in [6.07, 6.45) is 6.24. The van der Waals surface area contributed by atoms with E-state index in [4.69, 9.17) is 4.98 Å². The fourth-order valence-electron chi connectivity index (χ4n) is 5.61. The molecule has 4 aromatic rings. The molecule has 5 rings (SSSR count). The van der Waals surface area contributed by atoms with E-state index in [-0.39, 0.29) is 23.4 Å². The Balaban J connectivity index is 1.66. The maximum absolute atomic E-state index is 14.0. The van der Waals surface area contributed by atoms with Gasteiger partial charge in [0.1, 0.15) is 5.82 Å². The third-order valence-corrected chi connectivity index (χ3v) is 7.82. The number of aromatic nitrogens is 2. The van der Waals surface area contributed by atoms with Crippen LogP contribution in [0.2, 0.25) is 0 Å². The Morgan fingerprint density at radius 2 is 1.65 bits per heavy atom. The normalized spacial score (nSPS) is 15.4. The quantitative estimate of drug-likeness (QED) is 0.276. The van der Waals surface area contributed by atoms with Crippen molar-refractivity contribution in [3.63, 3.8) is 0 Å². The first-order valence-corrected chi connectivity index (χ1v) is 13.8. The summed E-state index contributed by atoms with van der Waals surface area (Å²) in [7, 11) is 0. The van der Waals surface area contributed by atoms with Crippen molar-refractivity contribution in [2.75, 3.05) is 6.54 Å². The highest BCUT2D eigenvalue weighted by molar-refractivity contribution is 5.85. The average Bonchev–Trinajstić information content (AvgIpc) is 2.93. The van der Waals surface area contributed by atoms with Crippen LogP contribution in [0.25, 0.3) is 27.4 Å². The predicted molar refractivity (Wildman–Crippen MR) is 151 cm³/mol. The van der Waals surface area contributed by atoms with Gasteiger partial charge in [0.05, 0.1) is 22.6 Å². The van der Waals surface area contributed by atoms with E-state index < -0.39 is 0 Å². The van der Waals surface area contributed by atoms with E-state index in [9.17, 15) is 9.59 Å². The highest BCUT2D eigenvalue weighted by Crippen LogP contribution is 2.31. The van der Waals surface area contributed by atoms with Gasteiger partial charge in [0, 0.05) is 12.5 Å². The van der Waals surface area contributed by atoms with Crippen molar-refractivity contribution in [3.05, 3.63) is 82.9 Å². The molecule has 1 unspecified atom stereocenters. The molecule has 1 fully saturated rings. The van der Waals surface area contributed by atoms with Crippen molar-refractivity contribution in [3.8, 4) is 5.69 Å². The summed E-state index contributed by atoms with van der Waals surface area (Å²) in [6.45, 7) is 7.07. The van der Waals surface area contributed by atoms with Gasteiger partial charge >= 0.3 is 0 Å².